The molecule has 0 fully saturated rings. The Morgan fingerprint density at radius 1 is 1.27 bits per heavy atom. The van der Waals surface area contributed by atoms with Gasteiger partial charge in [0.25, 0.3) is 5.91 Å². The van der Waals surface area contributed by atoms with Crippen molar-refractivity contribution in [3.8, 4) is 0 Å². The van der Waals surface area contributed by atoms with E-state index in [1.54, 1.807) is 24.3 Å². The summed E-state index contributed by atoms with van der Waals surface area (Å²) in [5, 5.41) is 0. The number of rotatable bonds is 2. The summed E-state index contributed by atoms with van der Waals surface area (Å²) in [6.45, 7) is 4.92. The van der Waals surface area contributed by atoms with Crippen molar-refractivity contribution in [3.63, 3.8) is 0 Å². The Bertz CT molecular complexity index is 399. The van der Waals surface area contributed by atoms with E-state index in [0.717, 1.165) is 5.56 Å². The van der Waals surface area contributed by atoms with Crippen molar-refractivity contribution in [2.45, 2.75) is 6.92 Å². The molecule has 0 heterocycles. The van der Waals surface area contributed by atoms with Gasteiger partial charge in [0.05, 0.1) is 0 Å². The number of benzene rings is 1. The molecule has 1 rings (SSSR count). The van der Waals surface area contributed by atoms with Crippen LogP contribution in [-0.2, 0) is 4.79 Å². The Balaban J connectivity index is 2.81. The fraction of sp³-hybridized carbons (Fsp3) is 0.0909. The molecule has 2 amide bonds. The molecule has 0 unspecified atom stereocenters. The first-order valence-electron chi connectivity index (χ1n) is 4.43. The second-order valence-corrected chi connectivity index (χ2v) is 2.93. The van der Waals surface area contributed by atoms with Crippen LogP contribution in [0.1, 0.15) is 22.8 Å². The first kappa shape index (κ1) is 11.0. The average Bonchev–Trinajstić information content (AvgIpc) is 2.25. The van der Waals surface area contributed by atoms with Gasteiger partial charge in [0, 0.05) is 12.5 Å². The third kappa shape index (κ3) is 2.95. The zero-order chi connectivity index (χ0) is 11.3. The lowest BCUT2D eigenvalue weighted by Gasteiger charge is -2.07. The van der Waals surface area contributed by atoms with E-state index < -0.39 is 0 Å². The van der Waals surface area contributed by atoms with Crippen LogP contribution in [0.4, 0.5) is 0 Å². The standard InChI is InChI=1S/C11H12N2O2/c1-3-9-6-4-5-7-10(9)11(15)13-12-8(2)14/h3-7H,1H2,2H3,(H,12,14)(H,13,15). The van der Waals surface area contributed by atoms with Gasteiger partial charge < -0.3 is 0 Å². The highest BCUT2D eigenvalue weighted by atomic mass is 16.2. The molecule has 78 valence electrons. The van der Waals surface area contributed by atoms with Crippen molar-refractivity contribution in [1.29, 1.82) is 0 Å². The van der Waals surface area contributed by atoms with Crippen molar-refractivity contribution in [2.24, 2.45) is 0 Å². The maximum atomic E-state index is 11.6. The second-order valence-electron chi connectivity index (χ2n) is 2.93. The van der Waals surface area contributed by atoms with E-state index >= 15 is 0 Å². The number of carbonyl (C=O) groups is 2. The second kappa shape index (κ2) is 4.95. The molecule has 2 N–H and O–H groups in total. The molecule has 4 heteroatoms. The lowest BCUT2D eigenvalue weighted by atomic mass is 10.1. The van der Waals surface area contributed by atoms with Gasteiger partial charge in [0.2, 0.25) is 5.91 Å². The van der Waals surface area contributed by atoms with Crippen LogP contribution in [0.3, 0.4) is 0 Å². The van der Waals surface area contributed by atoms with Gasteiger partial charge in [-0.05, 0) is 11.6 Å². The monoisotopic (exact) mass is 204 g/mol. The summed E-state index contributed by atoms with van der Waals surface area (Å²) in [4.78, 5) is 22.1. The van der Waals surface area contributed by atoms with Gasteiger partial charge in [-0.15, -0.1) is 0 Å². The molecule has 1 aromatic rings. The highest BCUT2D eigenvalue weighted by molar-refractivity contribution is 5.98. The normalized spacial score (nSPS) is 9.13. The van der Waals surface area contributed by atoms with Gasteiger partial charge in [-0.3, -0.25) is 20.4 Å². The maximum absolute atomic E-state index is 11.6. The van der Waals surface area contributed by atoms with Crippen LogP contribution in [0.15, 0.2) is 30.8 Å². The van der Waals surface area contributed by atoms with Crippen molar-refractivity contribution in [3.05, 3.63) is 42.0 Å². The van der Waals surface area contributed by atoms with Gasteiger partial charge in [-0.25, -0.2) is 0 Å². The molecule has 0 aliphatic carbocycles. The minimum Gasteiger partial charge on any atom is -0.274 e. The number of hydrazine groups is 1. The van der Waals surface area contributed by atoms with E-state index in [4.69, 9.17) is 0 Å². The van der Waals surface area contributed by atoms with Gasteiger partial charge in [0.1, 0.15) is 0 Å². The fourth-order valence-corrected chi connectivity index (χ4v) is 1.09. The van der Waals surface area contributed by atoms with E-state index in [2.05, 4.69) is 17.4 Å². The van der Waals surface area contributed by atoms with Crippen molar-refractivity contribution in [1.82, 2.24) is 10.9 Å². The van der Waals surface area contributed by atoms with Gasteiger partial charge in [0.15, 0.2) is 0 Å². The highest BCUT2D eigenvalue weighted by Gasteiger charge is 2.08. The van der Waals surface area contributed by atoms with E-state index in [0.29, 0.717) is 5.56 Å². The van der Waals surface area contributed by atoms with Crippen molar-refractivity contribution >= 4 is 17.9 Å². The quantitative estimate of drug-likeness (QED) is 0.709. The average molecular weight is 204 g/mol. The molecule has 0 spiro atoms. The molecule has 0 saturated heterocycles. The third-order valence-corrected chi connectivity index (χ3v) is 1.78. The van der Waals surface area contributed by atoms with Gasteiger partial charge >= 0.3 is 0 Å². The van der Waals surface area contributed by atoms with E-state index in [9.17, 15) is 9.59 Å². The molecular formula is C11H12N2O2. The Hall–Kier alpha value is -2.10. The lowest BCUT2D eigenvalue weighted by Crippen LogP contribution is -2.40. The van der Waals surface area contributed by atoms with Crippen LogP contribution in [-0.4, -0.2) is 11.8 Å². The zero-order valence-corrected chi connectivity index (χ0v) is 8.41. The summed E-state index contributed by atoms with van der Waals surface area (Å²) in [7, 11) is 0. The fourth-order valence-electron chi connectivity index (χ4n) is 1.09. The summed E-state index contributed by atoms with van der Waals surface area (Å²) < 4.78 is 0. The van der Waals surface area contributed by atoms with E-state index in [1.807, 2.05) is 6.07 Å². The minimum atomic E-state index is -0.360. The van der Waals surface area contributed by atoms with Crippen LogP contribution >= 0.6 is 0 Å². The number of carbonyl (C=O) groups excluding carboxylic acids is 2. The summed E-state index contributed by atoms with van der Waals surface area (Å²) in [5.74, 6) is -0.680. The molecule has 0 aliphatic heterocycles. The van der Waals surface area contributed by atoms with Gasteiger partial charge in [-0.2, -0.15) is 0 Å². The maximum Gasteiger partial charge on any atom is 0.270 e. The Morgan fingerprint density at radius 2 is 1.93 bits per heavy atom. The van der Waals surface area contributed by atoms with Crippen LogP contribution in [0.25, 0.3) is 6.08 Å². The molecule has 0 aromatic heterocycles. The first-order valence-corrected chi connectivity index (χ1v) is 4.43. The number of nitrogens with one attached hydrogen (secondary N) is 2. The van der Waals surface area contributed by atoms with Crippen LogP contribution in [0.5, 0.6) is 0 Å². The van der Waals surface area contributed by atoms with Crippen LogP contribution in [0, 0.1) is 0 Å². The van der Waals surface area contributed by atoms with E-state index in [-0.39, 0.29) is 11.8 Å². The topological polar surface area (TPSA) is 58.2 Å². The Morgan fingerprint density at radius 3 is 2.53 bits per heavy atom. The minimum absolute atomic E-state index is 0.320. The summed E-state index contributed by atoms with van der Waals surface area (Å²) in [6, 6.07) is 6.99. The summed E-state index contributed by atoms with van der Waals surface area (Å²) in [5.41, 5.74) is 5.71. The largest absolute Gasteiger partial charge is 0.274 e. The van der Waals surface area contributed by atoms with Crippen molar-refractivity contribution < 1.29 is 9.59 Å². The lowest BCUT2D eigenvalue weighted by molar-refractivity contribution is -0.119. The van der Waals surface area contributed by atoms with Crippen molar-refractivity contribution in [2.75, 3.05) is 0 Å². The third-order valence-electron chi connectivity index (χ3n) is 1.78. The molecule has 1 aromatic carbocycles. The highest BCUT2D eigenvalue weighted by Crippen LogP contribution is 2.09. The Kier molecular flexibility index (Phi) is 3.62. The van der Waals surface area contributed by atoms with E-state index in [1.165, 1.54) is 6.92 Å². The van der Waals surface area contributed by atoms with Gasteiger partial charge in [-0.1, -0.05) is 30.9 Å². The molecule has 15 heavy (non-hydrogen) atoms. The predicted molar refractivity (Wildman–Crippen MR) is 57.8 cm³/mol. The summed E-state index contributed by atoms with van der Waals surface area (Å²) >= 11 is 0. The molecule has 0 bridgehead atoms. The molecule has 0 atom stereocenters. The molecule has 0 radical (unpaired) electrons. The molecule has 0 aliphatic rings. The first-order chi connectivity index (χ1) is 7.15. The molecule has 0 saturated carbocycles. The van der Waals surface area contributed by atoms with Crippen LogP contribution in [0.2, 0.25) is 0 Å². The number of hydrogen-bond acceptors (Lipinski definition) is 2. The SMILES string of the molecule is C=Cc1ccccc1C(=O)NNC(C)=O. The molecule has 4 nitrogen and oxygen atoms in total. The van der Waals surface area contributed by atoms with Crippen LogP contribution < -0.4 is 10.9 Å². The predicted octanol–water partition coefficient (Wildman–Crippen LogP) is 1.11. The zero-order valence-electron chi connectivity index (χ0n) is 8.41. The smallest absolute Gasteiger partial charge is 0.270 e. The summed E-state index contributed by atoms with van der Waals surface area (Å²) in [6.07, 6.45) is 1.59. The number of amides is 2. The number of hydrogen-bond donors (Lipinski definition) is 2. The molecular weight excluding hydrogens is 192 g/mol. The Labute approximate surface area is 88.0 Å².